The van der Waals surface area contributed by atoms with Gasteiger partial charge in [0.25, 0.3) is 0 Å². The minimum atomic E-state index is -0.620. The summed E-state index contributed by atoms with van der Waals surface area (Å²) in [6.07, 6.45) is 11.2. The average molecular weight is 405 g/mol. The third-order valence-electron chi connectivity index (χ3n) is 9.84. The predicted molar refractivity (Wildman–Crippen MR) is 114 cm³/mol. The minimum Gasteiger partial charge on any atom is -0.394 e. The minimum absolute atomic E-state index is 0.132. The zero-order valence-electron chi connectivity index (χ0n) is 18.3. The number of rotatable bonds is 5. The van der Waals surface area contributed by atoms with Gasteiger partial charge in [-0.05, 0) is 85.4 Å². The molecule has 0 aromatic heterocycles. The molecule has 3 saturated carbocycles. The van der Waals surface area contributed by atoms with Gasteiger partial charge in [-0.1, -0.05) is 44.1 Å². The summed E-state index contributed by atoms with van der Waals surface area (Å²) in [6, 6.07) is 0. The van der Waals surface area contributed by atoms with Crippen LogP contribution in [-0.4, -0.2) is 45.8 Å². The van der Waals surface area contributed by atoms with Gasteiger partial charge in [0.1, 0.15) is 0 Å². The van der Waals surface area contributed by atoms with E-state index in [2.05, 4.69) is 32.9 Å². The van der Waals surface area contributed by atoms with Gasteiger partial charge in [0.05, 0.1) is 25.4 Å². The zero-order valence-corrected chi connectivity index (χ0v) is 18.3. The first-order chi connectivity index (χ1) is 13.8. The van der Waals surface area contributed by atoms with E-state index in [1.807, 2.05) is 0 Å². The Morgan fingerprint density at radius 3 is 2.41 bits per heavy atom. The Bertz CT molecular complexity index is 684. The summed E-state index contributed by atoms with van der Waals surface area (Å²) in [5.41, 5.74) is 3.49. The molecule has 4 heteroatoms. The van der Waals surface area contributed by atoms with Crippen molar-refractivity contribution in [2.45, 2.75) is 77.9 Å². The lowest BCUT2D eigenvalue weighted by atomic mass is 9.49. The van der Waals surface area contributed by atoms with Gasteiger partial charge in [0, 0.05) is 0 Å². The van der Waals surface area contributed by atoms with Crippen LogP contribution in [0.5, 0.6) is 0 Å². The van der Waals surface area contributed by atoms with Crippen molar-refractivity contribution < 1.29 is 20.4 Å². The molecule has 0 saturated heterocycles. The number of fused-ring (bicyclic) bond motifs is 5. The Labute approximate surface area is 175 Å². The van der Waals surface area contributed by atoms with Gasteiger partial charge >= 0.3 is 0 Å². The Kier molecular flexibility index (Phi) is 5.78. The molecule has 3 fully saturated rings. The summed E-state index contributed by atoms with van der Waals surface area (Å²) in [4.78, 5) is 0. The lowest BCUT2D eigenvalue weighted by molar-refractivity contribution is -0.0200. The Morgan fingerprint density at radius 1 is 0.966 bits per heavy atom. The molecule has 164 valence electrons. The quantitative estimate of drug-likeness (QED) is 0.566. The standard InChI is InChI=1S/C25H40O4/c1-15(22(28)13-26)19-6-7-20-18-5-4-17-12-16(23(29)14-27)8-10-24(17,2)21(18)9-11-25(19,20)3/h4-5,15-16,19-23,26-29H,6-14H2,1-3H3/t15?,16?,19-,20+,21+,22?,23?,24+,25-/m1/s1. The fraction of sp³-hybridized carbons (Fsp3) is 0.840. The van der Waals surface area contributed by atoms with E-state index in [4.69, 9.17) is 0 Å². The smallest absolute Gasteiger partial charge is 0.0802 e. The average Bonchev–Trinajstić information content (AvgIpc) is 3.08. The van der Waals surface area contributed by atoms with Gasteiger partial charge < -0.3 is 20.4 Å². The molecule has 4 nitrogen and oxygen atoms in total. The van der Waals surface area contributed by atoms with Crippen LogP contribution in [0.2, 0.25) is 0 Å². The topological polar surface area (TPSA) is 80.9 Å². The van der Waals surface area contributed by atoms with Gasteiger partial charge in [-0.3, -0.25) is 0 Å². The summed E-state index contributed by atoms with van der Waals surface area (Å²) in [5.74, 6) is 1.94. The molecule has 4 rings (SSSR count). The second-order valence-electron chi connectivity index (χ2n) is 11.0. The number of aliphatic hydroxyl groups excluding tert-OH is 4. The molecule has 29 heavy (non-hydrogen) atoms. The second kappa shape index (κ2) is 7.78. The highest BCUT2D eigenvalue weighted by molar-refractivity contribution is 5.38. The van der Waals surface area contributed by atoms with Crippen molar-refractivity contribution >= 4 is 0 Å². The van der Waals surface area contributed by atoms with Crippen molar-refractivity contribution in [2.75, 3.05) is 13.2 Å². The molecule has 0 amide bonds. The molecule has 4 unspecified atom stereocenters. The molecule has 0 aromatic rings. The molecular weight excluding hydrogens is 364 g/mol. The number of hydrogen-bond acceptors (Lipinski definition) is 4. The summed E-state index contributed by atoms with van der Waals surface area (Å²) in [7, 11) is 0. The van der Waals surface area contributed by atoms with Crippen LogP contribution in [0, 0.1) is 40.4 Å². The van der Waals surface area contributed by atoms with E-state index in [1.165, 1.54) is 24.8 Å². The monoisotopic (exact) mass is 404 g/mol. The molecule has 0 radical (unpaired) electrons. The van der Waals surface area contributed by atoms with Crippen LogP contribution in [0.25, 0.3) is 0 Å². The summed E-state index contributed by atoms with van der Waals surface area (Å²) < 4.78 is 0. The van der Waals surface area contributed by atoms with Gasteiger partial charge in [-0.2, -0.15) is 0 Å². The molecule has 0 aliphatic heterocycles. The van der Waals surface area contributed by atoms with Crippen LogP contribution in [0.15, 0.2) is 23.3 Å². The fourth-order valence-electron chi connectivity index (χ4n) is 7.85. The van der Waals surface area contributed by atoms with Gasteiger partial charge in [0.2, 0.25) is 0 Å². The van der Waals surface area contributed by atoms with Crippen LogP contribution in [-0.2, 0) is 0 Å². The van der Waals surface area contributed by atoms with E-state index in [1.54, 1.807) is 5.57 Å². The largest absolute Gasteiger partial charge is 0.394 e. The van der Waals surface area contributed by atoms with E-state index >= 15 is 0 Å². The number of aliphatic hydroxyl groups is 4. The van der Waals surface area contributed by atoms with Gasteiger partial charge in [0.15, 0.2) is 0 Å². The summed E-state index contributed by atoms with van der Waals surface area (Å²) >= 11 is 0. The highest BCUT2D eigenvalue weighted by atomic mass is 16.3. The highest BCUT2D eigenvalue weighted by Crippen LogP contribution is 2.66. The Morgan fingerprint density at radius 2 is 1.72 bits per heavy atom. The second-order valence-corrected chi connectivity index (χ2v) is 11.0. The van der Waals surface area contributed by atoms with Crippen molar-refractivity contribution in [1.29, 1.82) is 0 Å². The number of allylic oxidation sites excluding steroid dienone is 4. The number of hydrogen-bond donors (Lipinski definition) is 4. The van der Waals surface area contributed by atoms with E-state index in [9.17, 15) is 20.4 Å². The molecule has 0 heterocycles. The Hall–Kier alpha value is -0.680. The highest BCUT2D eigenvalue weighted by Gasteiger charge is 2.57. The first-order valence-electron chi connectivity index (χ1n) is 11.7. The van der Waals surface area contributed by atoms with Crippen LogP contribution in [0.1, 0.15) is 65.7 Å². The molecule has 0 aromatic carbocycles. The molecule has 9 atom stereocenters. The maximum absolute atomic E-state index is 10.3. The third kappa shape index (κ3) is 3.26. The van der Waals surface area contributed by atoms with Crippen LogP contribution in [0.3, 0.4) is 0 Å². The molecule has 0 bridgehead atoms. The van der Waals surface area contributed by atoms with Gasteiger partial charge in [-0.15, -0.1) is 0 Å². The predicted octanol–water partition coefficient (Wildman–Crippen LogP) is 3.44. The van der Waals surface area contributed by atoms with E-state index in [0.717, 1.165) is 25.7 Å². The van der Waals surface area contributed by atoms with Crippen molar-refractivity contribution in [2.24, 2.45) is 40.4 Å². The summed E-state index contributed by atoms with van der Waals surface area (Å²) in [5, 5.41) is 39.3. The molecule has 4 N–H and O–H groups in total. The SMILES string of the molecule is CC(C(O)CO)[C@H]1CC[C@H]2C3=CC=C4CC(C(O)CO)CC[C@]4(C)[C@H]3CC[C@]12C. The lowest BCUT2D eigenvalue weighted by Crippen LogP contribution is -2.47. The van der Waals surface area contributed by atoms with Crippen molar-refractivity contribution in [3.8, 4) is 0 Å². The lowest BCUT2D eigenvalue weighted by Gasteiger charge is -2.55. The first kappa shape index (κ1) is 21.5. The van der Waals surface area contributed by atoms with Gasteiger partial charge in [-0.25, -0.2) is 0 Å². The molecule has 0 spiro atoms. The summed E-state index contributed by atoms with van der Waals surface area (Å²) in [6.45, 7) is 6.70. The van der Waals surface area contributed by atoms with E-state index in [-0.39, 0.29) is 35.9 Å². The maximum Gasteiger partial charge on any atom is 0.0802 e. The van der Waals surface area contributed by atoms with E-state index < -0.39 is 12.2 Å². The Balaban J connectivity index is 1.61. The fourth-order valence-corrected chi connectivity index (χ4v) is 7.85. The molecule has 4 aliphatic carbocycles. The van der Waals surface area contributed by atoms with Crippen molar-refractivity contribution in [3.63, 3.8) is 0 Å². The van der Waals surface area contributed by atoms with Crippen LogP contribution in [0.4, 0.5) is 0 Å². The van der Waals surface area contributed by atoms with Crippen molar-refractivity contribution in [1.82, 2.24) is 0 Å². The molecular formula is C25H40O4. The normalized spacial score (nSPS) is 44.7. The van der Waals surface area contributed by atoms with Crippen molar-refractivity contribution in [3.05, 3.63) is 23.3 Å². The van der Waals surface area contributed by atoms with Crippen LogP contribution >= 0.6 is 0 Å². The third-order valence-corrected chi connectivity index (χ3v) is 9.84. The molecule has 4 aliphatic rings. The first-order valence-corrected chi connectivity index (χ1v) is 11.7. The maximum atomic E-state index is 10.3. The van der Waals surface area contributed by atoms with Crippen LogP contribution < -0.4 is 0 Å². The zero-order chi connectivity index (χ0) is 21.0. The van der Waals surface area contributed by atoms with E-state index in [0.29, 0.717) is 17.8 Å².